The molecule has 5 atom stereocenters. The summed E-state index contributed by atoms with van der Waals surface area (Å²) in [5, 5.41) is 0. The maximum absolute atomic E-state index is 11.1. The van der Waals surface area contributed by atoms with Gasteiger partial charge < -0.3 is 4.74 Å². The molecule has 0 saturated carbocycles. The third kappa shape index (κ3) is 11.4. The third-order valence-corrected chi connectivity index (χ3v) is 5.15. The van der Waals surface area contributed by atoms with E-state index in [0.717, 1.165) is 0 Å². The Labute approximate surface area is 179 Å². The molecule has 0 spiro atoms. The molecule has 0 aromatic heterocycles. The van der Waals surface area contributed by atoms with Gasteiger partial charge in [-0.1, -0.05) is 0 Å². The minimum absolute atomic E-state index is 1.62. The third-order valence-electron chi connectivity index (χ3n) is 2.89. The highest BCUT2D eigenvalue weighted by Crippen LogP contribution is 2.32. The molecule has 32 heavy (non-hydrogen) atoms. The average molecular weight is 580 g/mol. The van der Waals surface area contributed by atoms with Crippen LogP contribution in [0.1, 0.15) is 0 Å². The van der Waals surface area contributed by atoms with Crippen molar-refractivity contribution in [2.45, 2.75) is 30.7 Å². The SMILES string of the molecule is O=S(=O)(O)OC[C@H]1O[C@H](OS(=O)(=O)O)[C@@H](OS(=O)(=O)O)[C@@H](OS(=O)(=O)O)C1OS(=O)(=O)O. The van der Waals surface area contributed by atoms with Crippen molar-refractivity contribution in [3.8, 4) is 0 Å². The van der Waals surface area contributed by atoms with E-state index in [1.165, 1.54) is 0 Å². The van der Waals surface area contributed by atoms with Crippen LogP contribution in [0.2, 0.25) is 0 Å². The van der Waals surface area contributed by atoms with Gasteiger partial charge in [0, 0.05) is 0 Å². The molecule has 1 aliphatic rings. The van der Waals surface area contributed by atoms with Gasteiger partial charge in [0.15, 0.2) is 6.10 Å². The molecule has 1 unspecified atom stereocenters. The smallest absolute Gasteiger partial charge is 0.340 e. The number of hydrogen-bond acceptors (Lipinski definition) is 16. The maximum Gasteiger partial charge on any atom is 0.399 e. The molecule has 192 valence electrons. The zero-order valence-corrected chi connectivity index (χ0v) is 18.5. The van der Waals surface area contributed by atoms with Crippen LogP contribution in [0.4, 0.5) is 0 Å². The van der Waals surface area contributed by atoms with Crippen LogP contribution in [0, 0.1) is 0 Å². The summed E-state index contributed by atoms with van der Waals surface area (Å²) in [6.07, 6.45) is -14.2. The Balaban J connectivity index is 3.67. The van der Waals surface area contributed by atoms with Crippen LogP contribution in [-0.2, 0) is 77.6 Å². The van der Waals surface area contributed by atoms with Gasteiger partial charge in [-0.3, -0.25) is 22.8 Å². The first kappa shape index (κ1) is 29.3. The summed E-state index contributed by atoms with van der Waals surface area (Å²) >= 11 is 0. The summed E-state index contributed by atoms with van der Waals surface area (Å²) in [5.41, 5.74) is 0. The highest BCUT2D eigenvalue weighted by Gasteiger charge is 2.55. The quantitative estimate of drug-likeness (QED) is 0.145. The Morgan fingerprint density at radius 3 is 1.28 bits per heavy atom. The van der Waals surface area contributed by atoms with E-state index < -0.39 is 89.3 Å². The van der Waals surface area contributed by atoms with E-state index in [2.05, 4.69) is 25.7 Å². The molecular weight excluding hydrogens is 568 g/mol. The highest BCUT2D eigenvalue weighted by molar-refractivity contribution is 7.82. The van der Waals surface area contributed by atoms with Crippen molar-refractivity contribution in [2.24, 2.45) is 0 Å². The average Bonchev–Trinajstić information content (AvgIpc) is 2.45. The van der Waals surface area contributed by atoms with Crippen LogP contribution in [0.3, 0.4) is 0 Å². The fraction of sp³-hybridized carbons (Fsp3) is 1.00. The standard InChI is InChI=1S/C6H12O21S5/c7-28(8,9)22-1-2-3(24-29(10,11)12)4(25-30(13,14)15)5(26-31(16,17)18)6(23-2)27-32(19,20)21/h2-6H,1H2,(H,7,8,9)(H,10,11,12)(H,13,14,15)(H,16,17,18)(H,19,20,21)/t2-,3?,4+,5+,6-/m1/s1. The first-order valence-electron chi connectivity index (χ1n) is 6.86. The first-order valence-corrected chi connectivity index (χ1v) is 13.7. The number of ether oxygens (including phenoxy) is 1. The Hall–Kier alpha value is -0.690. The predicted molar refractivity (Wildman–Crippen MR) is 88.1 cm³/mol. The van der Waals surface area contributed by atoms with Crippen molar-refractivity contribution in [3.63, 3.8) is 0 Å². The van der Waals surface area contributed by atoms with Crippen molar-refractivity contribution in [2.75, 3.05) is 6.61 Å². The molecule has 21 nitrogen and oxygen atoms in total. The molecule has 26 heteroatoms. The Morgan fingerprint density at radius 1 is 0.531 bits per heavy atom. The van der Waals surface area contributed by atoms with Crippen LogP contribution < -0.4 is 0 Å². The minimum atomic E-state index is -5.78. The lowest BCUT2D eigenvalue weighted by Gasteiger charge is -2.42. The molecule has 1 heterocycles. The molecule has 1 saturated heterocycles. The summed E-state index contributed by atoms with van der Waals surface area (Å²) in [7, 11) is -28.3. The van der Waals surface area contributed by atoms with E-state index in [1.54, 1.807) is 0 Å². The zero-order valence-electron chi connectivity index (χ0n) is 14.4. The van der Waals surface area contributed by atoms with E-state index in [0.29, 0.717) is 0 Å². The molecule has 0 aromatic rings. The van der Waals surface area contributed by atoms with Crippen molar-refractivity contribution in [1.82, 2.24) is 0 Å². The van der Waals surface area contributed by atoms with Gasteiger partial charge >= 0.3 is 52.0 Å². The maximum atomic E-state index is 11.1. The van der Waals surface area contributed by atoms with Crippen LogP contribution in [0.25, 0.3) is 0 Å². The minimum Gasteiger partial charge on any atom is -0.340 e. The van der Waals surface area contributed by atoms with Crippen molar-refractivity contribution < 1.29 is 90.5 Å². The van der Waals surface area contributed by atoms with Gasteiger partial charge in [0.1, 0.15) is 18.3 Å². The largest absolute Gasteiger partial charge is 0.399 e. The summed E-state index contributed by atoms with van der Waals surface area (Å²) in [6, 6.07) is 0. The van der Waals surface area contributed by atoms with Crippen molar-refractivity contribution >= 4 is 52.0 Å². The normalized spacial score (nSPS) is 28.5. The summed E-state index contributed by atoms with van der Waals surface area (Å²) in [4.78, 5) is 0. The van der Waals surface area contributed by atoms with Crippen LogP contribution in [0.5, 0.6) is 0 Å². The van der Waals surface area contributed by atoms with Gasteiger partial charge in [-0.15, -0.1) is 0 Å². The first-order chi connectivity index (χ1) is 14.0. The van der Waals surface area contributed by atoms with E-state index in [9.17, 15) is 42.1 Å². The lowest BCUT2D eigenvalue weighted by molar-refractivity contribution is -0.261. The van der Waals surface area contributed by atoms with Crippen molar-refractivity contribution in [3.05, 3.63) is 0 Å². The molecule has 1 fully saturated rings. The molecule has 1 rings (SSSR count). The van der Waals surface area contributed by atoms with Gasteiger partial charge in [-0.2, -0.15) is 42.1 Å². The molecule has 0 amide bonds. The van der Waals surface area contributed by atoms with Crippen LogP contribution >= 0.6 is 0 Å². The molecule has 0 aromatic carbocycles. The molecule has 0 bridgehead atoms. The lowest BCUT2D eigenvalue weighted by Crippen LogP contribution is -2.63. The number of rotatable bonds is 11. The lowest BCUT2D eigenvalue weighted by atomic mass is 9.99. The molecule has 0 aliphatic carbocycles. The van der Waals surface area contributed by atoms with Gasteiger partial charge in [-0.25, -0.2) is 20.9 Å². The Kier molecular flexibility index (Phi) is 9.07. The molecule has 1 aliphatic heterocycles. The molecule has 5 N–H and O–H groups in total. The fourth-order valence-corrected chi connectivity index (χ4v) is 4.31. The summed E-state index contributed by atoms with van der Waals surface area (Å²) < 4.78 is 178. The van der Waals surface area contributed by atoms with E-state index in [1.807, 2.05) is 0 Å². The van der Waals surface area contributed by atoms with E-state index in [4.69, 9.17) is 22.8 Å². The second-order valence-corrected chi connectivity index (χ2v) is 10.5. The van der Waals surface area contributed by atoms with Crippen molar-refractivity contribution in [1.29, 1.82) is 0 Å². The summed E-state index contributed by atoms with van der Waals surface area (Å²) in [5.74, 6) is 0. The zero-order chi connectivity index (χ0) is 25.3. The van der Waals surface area contributed by atoms with E-state index in [-0.39, 0.29) is 0 Å². The van der Waals surface area contributed by atoms with Crippen LogP contribution in [-0.4, -0.2) is 102 Å². The fourth-order valence-electron chi connectivity index (χ4n) is 2.11. The molecule has 0 radical (unpaired) electrons. The topological polar surface area (TPSA) is 327 Å². The van der Waals surface area contributed by atoms with Gasteiger partial charge in [0.05, 0.1) is 6.61 Å². The molecular formula is C6H12O21S5. The van der Waals surface area contributed by atoms with Gasteiger partial charge in [0.2, 0.25) is 6.29 Å². The van der Waals surface area contributed by atoms with Gasteiger partial charge in [-0.05, 0) is 0 Å². The number of hydrogen-bond donors (Lipinski definition) is 5. The Bertz CT molecular complexity index is 1190. The van der Waals surface area contributed by atoms with Crippen LogP contribution in [0.15, 0.2) is 0 Å². The second-order valence-electron chi connectivity index (χ2n) is 5.24. The highest BCUT2D eigenvalue weighted by atomic mass is 32.3. The predicted octanol–water partition coefficient (Wildman–Crippen LogP) is -4.09. The Morgan fingerprint density at radius 2 is 0.906 bits per heavy atom. The van der Waals surface area contributed by atoms with Gasteiger partial charge in [0.25, 0.3) is 0 Å². The second kappa shape index (κ2) is 9.89. The summed E-state index contributed by atoms with van der Waals surface area (Å²) in [6.45, 7) is -1.62. The van der Waals surface area contributed by atoms with E-state index >= 15 is 0 Å². The monoisotopic (exact) mass is 580 g/mol.